The molecule has 0 bridgehead atoms. The van der Waals surface area contributed by atoms with E-state index >= 15 is 0 Å². The van der Waals surface area contributed by atoms with Crippen molar-refractivity contribution in [3.8, 4) is 0 Å². The molecule has 1 N–H and O–H groups in total. The van der Waals surface area contributed by atoms with Crippen LogP contribution in [0.3, 0.4) is 0 Å². The minimum atomic E-state index is -1.23. The van der Waals surface area contributed by atoms with Gasteiger partial charge >= 0.3 is 0 Å². The van der Waals surface area contributed by atoms with E-state index in [2.05, 4.69) is 29.2 Å². The standard InChI is InChI=1S/C25H21NO/c27-25(22-14-8-3-9-15-22,23-16-18-26-19-17-23)24(20-10-4-1-5-11-20)21-12-6-2-7-13-21/h1-19,24,27H. The second kappa shape index (κ2) is 7.56. The Kier molecular flexibility index (Phi) is 4.82. The molecule has 0 amide bonds. The summed E-state index contributed by atoms with van der Waals surface area (Å²) in [7, 11) is 0. The molecule has 0 aliphatic carbocycles. The molecule has 1 heterocycles. The van der Waals surface area contributed by atoms with Crippen LogP contribution in [0.5, 0.6) is 0 Å². The fourth-order valence-electron chi connectivity index (χ4n) is 3.76. The SMILES string of the molecule is OC(c1ccccc1)(c1ccncc1)C(c1ccccc1)c1ccccc1. The molecule has 0 saturated carbocycles. The van der Waals surface area contributed by atoms with Crippen LogP contribution in [0.25, 0.3) is 0 Å². The van der Waals surface area contributed by atoms with Crippen molar-refractivity contribution in [3.05, 3.63) is 138 Å². The summed E-state index contributed by atoms with van der Waals surface area (Å²) in [5, 5.41) is 12.3. The average Bonchev–Trinajstić information content (AvgIpc) is 2.76. The maximum Gasteiger partial charge on any atom is 0.126 e. The lowest BCUT2D eigenvalue weighted by Gasteiger charge is -2.38. The van der Waals surface area contributed by atoms with Crippen molar-refractivity contribution in [2.24, 2.45) is 0 Å². The zero-order valence-corrected chi connectivity index (χ0v) is 14.9. The van der Waals surface area contributed by atoms with Crippen LogP contribution in [0, 0.1) is 0 Å². The Bertz CT molecular complexity index is 891. The molecule has 4 rings (SSSR count). The third-order valence-electron chi connectivity index (χ3n) is 5.02. The van der Waals surface area contributed by atoms with Crippen molar-refractivity contribution in [2.45, 2.75) is 11.5 Å². The maximum atomic E-state index is 12.3. The van der Waals surface area contributed by atoms with Gasteiger partial charge in [0.1, 0.15) is 5.60 Å². The van der Waals surface area contributed by atoms with E-state index in [1.807, 2.05) is 78.9 Å². The van der Waals surface area contributed by atoms with Gasteiger partial charge in [0.05, 0.1) is 0 Å². The van der Waals surface area contributed by atoms with E-state index in [-0.39, 0.29) is 5.92 Å². The van der Waals surface area contributed by atoms with Crippen molar-refractivity contribution < 1.29 is 5.11 Å². The second-order valence-corrected chi connectivity index (χ2v) is 6.62. The number of aromatic nitrogens is 1. The molecule has 2 heteroatoms. The largest absolute Gasteiger partial charge is 0.379 e. The van der Waals surface area contributed by atoms with Gasteiger partial charge in [-0.1, -0.05) is 91.0 Å². The number of hydrogen-bond donors (Lipinski definition) is 1. The number of benzene rings is 3. The zero-order chi connectivity index (χ0) is 18.5. The van der Waals surface area contributed by atoms with Gasteiger partial charge in [-0.3, -0.25) is 4.98 Å². The highest BCUT2D eigenvalue weighted by Gasteiger charge is 2.42. The van der Waals surface area contributed by atoms with Crippen LogP contribution in [0.1, 0.15) is 28.2 Å². The first-order valence-corrected chi connectivity index (χ1v) is 9.08. The van der Waals surface area contributed by atoms with Gasteiger partial charge in [0, 0.05) is 18.3 Å². The summed E-state index contributed by atoms with van der Waals surface area (Å²) in [6.45, 7) is 0. The van der Waals surface area contributed by atoms with Gasteiger partial charge in [0.15, 0.2) is 0 Å². The molecule has 0 aliphatic rings. The topological polar surface area (TPSA) is 33.1 Å². The van der Waals surface area contributed by atoms with Crippen molar-refractivity contribution >= 4 is 0 Å². The highest BCUT2D eigenvalue weighted by molar-refractivity contribution is 5.47. The van der Waals surface area contributed by atoms with Crippen LogP contribution < -0.4 is 0 Å². The number of pyridine rings is 1. The summed E-state index contributed by atoms with van der Waals surface area (Å²) in [5.41, 5.74) is 2.57. The maximum absolute atomic E-state index is 12.3. The van der Waals surface area contributed by atoms with Gasteiger partial charge in [-0.15, -0.1) is 0 Å². The molecule has 0 radical (unpaired) electrons. The van der Waals surface area contributed by atoms with Crippen LogP contribution in [-0.2, 0) is 5.60 Å². The number of hydrogen-bond acceptors (Lipinski definition) is 2. The van der Waals surface area contributed by atoms with Gasteiger partial charge in [-0.05, 0) is 34.4 Å². The molecule has 1 unspecified atom stereocenters. The summed E-state index contributed by atoms with van der Waals surface area (Å²) in [6, 6.07) is 34.0. The second-order valence-electron chi connectivity index (χ2n) is 6.62. The Hall–Kier alpha value is -3.23. The minimum absolute atomic E-state index is 0.260. The predicted molar refractivity (Wildman–Crippen MR) is 108 cm³/mol. The van der Waals surface area contributed by atoms with Gasteiger partial charge in [-0.2, -0.15) is 0 Å². The Balaban J connectivity index is 2.01. The lowest BCUT2D eigenvalue weighted by atomic mass is 9.70. The fraction of sp³-hybridized carbons (Fsp3) is 0.0800. The highest BCUT2D eigenvalue weighted by Crippen LogP contribution is 2.46. The Morgan fingerprint density at radius 2 is 0.963 bits per heavy atom. The van der Waals surface area contributed by atoms with Crippen molar-refractivity contribution in [2.75, 3.05) is 0 Å². The van der Waals surface area contributed by atoms with Crippen LogP contribution >= 0.6 is 0 Å². The molecule has 1 aromatic heterocycles. The zero-order valence-electron chi connectivity index (χ0n) is 14.9. The van der Waals surface area contributed by atoms with Gasteiger partial charge < -0.3 is 5.11 Å². The van der Waals surface area contributed by atoms with Crippen molar-refractivity contribution in [1.82, 2.24) is 4.98 Å². The summed E-state index contributed by atoms with van der Waals surface area (Å²) < 4.78 is 0. The van der Waals surface area contributed by atoms with E-state index in [0.717, 1.165) is 22.3 Å². The van der Waals surface area contributed by atoms with Crippen molar-refractivity contribution in [3.63, 3.8) is 0 Å². The molecule has 132 valence electrons. The summed E-state index contributed by atoms with van der Waals surface area (Å²) in [5.74, 6) is -0.260. The van der Waals surface area contributed by atoms with E-state index in [4.69, 9.17) is 0 Å². The lowest BCUT2D eigenvalue weighted by Crippen LogP contribution is -2.35. The summed E-state index contributed by atoms with van der Waals surface area (Å²) >= 11 is 0. The molecular weight excluding hydrogens is 330 g/mol. The minimum Gasteiger partial charge on any atom is -0.379 e. The Morgan fingerprint density at radius 3 is 1.44 bits per heavy atom. The quantitative estimate of drug-likeness (QED) is 0.539. The molecule has 4 aromatic rings. The molecule has 27 heavy (non-hydrogen) atoms. The molecular formula is C25H21NO. The van der Waals surface area contributed by atoms with E-state index in [9.17, 15) is 5.11 Å². The van der Waals surface area contributed by atoms with Gasteiger partial charge in [-0.25, -0.2) is 0 Å². The summed E-state index contributed by atoms with van der Waals surface area (Å²) in [4.78, 5) is 4.15. The van der Waals surface area contributed by atoms with Crippen LogP contribution in [0.4, 0.5) is 0 Å². The molecule has 1 atom stereocenters. The van der Waals surface area contributed by atoms with E-state index in [0.29, 0.717) is 0 Å². The lowest BCUT2D eigenvalue weighted by molar-refractivity contribution is 0.0624. The summed E-state index contributed by atoms with van der Waals surface area (Å²) in [6.07, 6.45) is 3.46. The van der Waals surface area contributed by atoms with Gasteiger partial charge in [0.25, 0.3) is 0 Å². The molecule has 2 nitrogen and oxygen atoms in total. The van der Waals surface area contributed by atoms with E-state index in [1.54, 1.807) is 12.4 Å². The molecule has 3 aromatic carbocycles. The smallest absolute Gasteiger partial charge is 0.126 e. The molecule has 0 saturated heterocycles. The third-order valence-corrected chi connectivity index (χ3v) is 5.02. The predicted octanol–water partition coefficient (Wildman–Crippen LogP) is 5.15. The fourth-order valence-corrected chi connectivity index (χ4v) is 3.76. The Morgan fingerprint density at radius 1 is 0.556 bits per heavy atom. The van der Waals surface area contributed by atoms with Gasteiger partial charge in [0.2, 0.25) is 0 Å². The first kappa shape index (κ1) is 17.2. The number of nitrogens with zero attached hydrogens (tertiary/aromatic N) is 1. The molecule has 0 aliphatic heterocycles. The average molecular weight is 351 g/mol. The van der Waals surface area contributed by atoms with E-state index in [1.165, 1.54) is 0 Å². The van der Waals surface area contributed by atoms with Crippen LogP contribution in [0.15, 0.2) is 116 Å². The number of rotatable bonds is 5. The van der Waals surface area contributed by atoms with E-state index < -0.39 is 5.60 Å². The monoisotopic (exact) mass is 351 g/mol. The third kappa shape index (κ3) is 3.27. The van der Waals surface area contributed by atoms with Crippen LogP contribution in [-0.4, -0.2) is 10.1 Å². The molecule has 0 fully saturated rings. The molecule has 0 spiro atoms. The van der Waals surface area contributed by atoms with Crippen molar-refractivity contribution in [1.29, 1.82) is 0 Å². The number of aliphatic hydroxyl groups is 1. The van der Waals surface area contributed by atoms with Crippen LogP contribution in [0.2, 0.25) is 0 Å². The first-order valence-electron chi connectivity index (χ1n) is 9.08. The Labute approximate surface area is 159 Å². The highest BCUT2D eigenvalue weighted by atomic mass is 16.3. The first-order chi connectivity index (χ1) is 13.3. The normalized spacial score (nSPS) is 13.3.